The van der Waals surface area contributed by atoms with Gasteiger partial charge in [0, 0.05) is 81.6 Å². The van der Waals surface area contributed by atoms with Crippen molar-refractivity contribution in [3.63, 3.8) is 0 Å². The van der Waals surface area contributed by atoms with Gasteiger partial charge in [-0.15, -0.1) is 0 Å². The van der Waals surface area contributed by atoms with Crippen LogP contribution in [0.15, 0.2) is 36.4 Å². The van der Waals surface area contributed by atoms with Gasteiger partial charge in [-0.2, -0.15) is 0 Å². The number of aromatic amines is 2. The van der Waals surface area contributed by atoms with E-state index in [1.165, 1.54) is 24.3 Å². The third kappa shape index (κ3) is 9.90. The van der Waals surface area contributed by atoms with Crippen molar-refractivity contribution < 1.29 is 56.4 Å². The Morgan fingerprint density at radius 3 is 1.41 bits per heavy atom. The number of carbonyl (C=O) groups is 4. The van der Waals surface area contributed by atoms with Gasteiger partial charge in [0.2, 0.25) is 11.8 Å². The molecular weight excluding hydrogens is 981 g/mol. The molecule has 6 aliphatic rings. The molecule has 3 aromatic carbocycles. The number of nitrogens with zero attached hydrogens (tertiary/aromatic N) is 6. The molecule has 0 radical (unpaired) electrons. The quantitative estimate of drug-likeness (QED) is 0.0648. The zero-order chi connectivity index (χ0) is 52.1. The monoisotopic (exact) mass is 1040 g/mol. The third-order valence-corrected chi connectivity index (χ3v) is 16.6. The van der Waals surface area contributed by atoms with E-state index in [2.05, 4.69) is 20.6 Å². The fourth-order valence-electron chi connectivity index (χ4n) is 13.0. The summed E-state index contributed by atoms with van der Waals surface area (Å²) in [5.74, 6) is -3.30. The van der Waals surface area contributed by atoms with E-state index in [0.29, 0.717) is 127 Å². The molecule has 18 nitrogen and oxygen atoms in total. The van der Waals surface area contributed by atoms with Crippen LogP contribution in [-0.4, -0.2) is 129 Å². The minimum Gasteiger partial charge on any atom is -0.465 e. The molecule has 6 N–H and O–H groups in total. The van der Waals surface area contributed by atoms with E-state index < -0.39 is 71.7 Å². The molecule has 6 aliphatic heterocycles. The summed E-state index contributed by atoms with van der Waals surface area (Å²) in [4.78, 5) is 74.9. The molecule has 5 aromatic rings. The fraction of sp³-hybridized carbons (Fsp3) is 0.547. The second kappa shape index (κ2) is 21.2. The first-order valence-corrected chi connectivity index (χ1v) is 26.5. The highest BCUT2D eigenvalue weighted by Gasteiger charge is 2.44. The lowest BCUT2D eigenvalue weighted by Gasteiger charge is -2.35. The average molecular weight is 1040 g/mol. The van der Waals surface area contributed by atoms with Gasteiger partial charge in [0.05, 0.1) is 46.2 Å². The van der Waals surface area contributed by atoms with Crippen LogP contribution in [0.5, 0.6) is 0 Å². The highest BCUT2D eigenvalue weighted by atomic mass is 19.1. The number of benzene rings is 3. The number of anilines is 2. The molecule has 0 spiro atoms. The van der Waals surface area contributed by atoms with Crippen LogP contribution in [0.4, 0.5) is 38.5 Å². The number of likely N-dealkylation sites (tertiary alicyclic amines) is 2. The van der Waals surface area contributed by atoms with Gasteiger partial charge < -0.3 is 59.9 Å². The maximum absolute atomic E-state index is 16.9. The maximum atomic E-state index is 16.9. The first-order valence-electron chi connectivity index (χ1n) is 26.5. The van der Waals surface area contributed by atoms with Gasteiger partial charge in [0.1, 0.15) is 41.1 Å². The Morgan fingerprint density at radius 2 is 0.987 bits per heavy atom. The normalized spacial score (nSPS) is 23.8. The van der Waals surface area contributed by atoms with E-state index in [0.717, 1.165) is 19.3 Å². The van der Waals surface area contributed by atoms with E-state index in [4.69, 9.17) is 19.4 Å². The lowest BCUT2D eigenvalue weighted by Crippen LogP contribution is -2.52. The molecule has 11 rings (SSSR count). The lowest BCUT2D eigenvalue weighted by atomic mass is 9.90. The van der Waals surface area contributed by atoms with Crippen molar-refractivity contribution in [3.05, 3.63) is 82.4 Å². The summed E-state index contributed by atoms with van der Waals surface area (Å²) in [5.41, 5.74) is 1.77. The summed E-state index contributed by atoms with van der Waals surface area (Å²) >= 11 is 0. The highest BCUT2D eigenvalue weighted by Crippen LogP contribution is 2.50. The van der Waals surface area contributed by atoms with Gasteiger partial charge in [0.25, 0.3) is 0 Å². The molecule has 0 bridgehead atoms. The van der Waals surface area contributed by atoms with E-state index in [9.17, 15) is 29.4 Å². The smallest absolute Gasteiger partial charge is 0.405 e. The summed E-state index contributed by atoms with van der Waals surface area (Å²) in [5, 5.41) is 24.3. The summed E-state index contributed by atoms with van der Waals surface area (Å²) in [6.45, 7) is 3.37. The van der Waals surface area contributed by atoms with Crippen molar-refractivity contribution >= 4 is 57.4 Å². The number of carboxylic acid groups (broad SMARTS) is 2. The van der Waals surface area contributed by atoms with Gasteiger partial charge in [-0.1, -0.05) is 0 Å². The minimum atomic E-state index is -1.30. The van der Waals surface area contributed by atoms with Crippen LogP contribution < -0.4 is 20.4 Å². The van der Waals surface area contributed by atoms with Crippen LogP contribution in [0, 0.1) is 35.1 Å². The molecule has 6 atom stereocenters. The van der Waals surface area contributed by atoms with E-state index in [1.807, 2.05) is 0 Å². The summed E-state index contributed by atoms with van der Waals surface area (Å²) in [6, 6.07) is 3.51. The number of aromatic nitrogens is 4. The largest absolute Gasteiger partial charge is 0.465 e. The van der Waals surface area contributed by atoms with Crippen molar-refractivity contribution in [2.75, 3.05) is 62.4 Å². The predicted molar refractivity (Wildman–Crippen MR) is 266 cm³/mol. The Kier molecular flexibility index (Phi) is 14.2. The molecule has 2 aromatic heterocycles. The summed E-state index contributed by atoms with van der Waals surface area (Å²) < 4.78 is 77.7. The third-order valence-electron chi connectivity index (χ3n) is 16.6. The van der Waals surface area contributed by atoms with Crippen molar-refractivity contribution in [1.29, 1.82) is 0 Å². The van der Waals surface area contributed by atoms with Crippen LogP contribution in [0.3, 0.4) is 0 Å². The first-order chi connectivity index (χ1) is 36.3. The van der Waals surface area contributed by atoms with Crippen molar-refractivity contribution in [2.45, 2.75) is 120 Å². The standard InChI is InChI=1S/C53H62F4N10O8/c54-33-26-39-37(58-48(60-39)43-6-4-16-65(43)50(68)45(62-52(70)71)28-10-18-74-19-11-28)24-31(33)41-8-9-42(67(41)30-22-35(56)47(36(57)23-30)64-14-2-1-3-15-64)32-25-38-40(27-34(32)55)61-49(59-38)44-7-5-17-66(44)51(69)46(63-53(72)73)29-12-20-75-21-13-29/h22-29,41-46,62-63H,1-21H2,(H,58,60)(H,59,61)(H,70,71)(H,72,73)/t41-,42+,43?,44?,45-,46?/m0/s1. The van der Waals surface area contributed by atoms with Crippen LogP contribution in [-0.2, 0) is 19.1 Å². The lowest BCUT2D eigenvalue weighted by molar-refractivity contribution is -0.137. The van der Waals surface area contributed by atoms with Crippen LogP contribution >= 0.6 is 0 Å². The molecule has 22 heteroatoms. The summed E-state index contributed by atoms with van der Waals surface area (Å²) in [7, 11) is 0. The number of nitrogens with one attached hydrogen (secondary N) is 4. The molecule has 8 heterocycles. The Hall–Kier alpha value is -6.68. The zero-order valence-electron chi connectivity index (χ0n) is 41.5. The van der Waals surface area contributed by atoms with Crippen LogP contribution in [0.25, 0.3) is 22.1 Å². The number of hydrogen-bond donors (Lipinski definition) is 6. The SMILES string of the molecule is O=C(O)NC(C(=O)N1CCCC1c1nc2cc(F)c([C@H]3CC[C@@H](c4cc5[nH]c(C6CCCN6C(=O)[C@@H](NC(=O)O)C6CCOCC6)nc5cc4F)N3c3cc(F)c(N4CCCCC4)c(F)c3)cc2[nH]1)C1CCOCC1. The van der Waals surface area contributed by atoms with Gasteiger partial charge in [0.15, 0.2) is 11.6 Å². The van der Waals surface area contributed by atoms with Gasteiger partial charge >= 0.3 is 12.2 Å². The highest BCUT2D eigenvalue weighted by molar-refractivity contribution is 5.87. The maximum Gasteiger partial charge on any atom is 0.405 e. The number of H-pyrrole nitrogens is 2. The number of carbonyl (C=O) groups excluding carboxylic acids is 2. The van der Waals surface area contributed by atoms with Crippen molar-refractivity contribution in [2.24, 2.45) is 11.8 Å². The molecule has 0 aliphatic carbocycles. The predicted octanol–water partition coefficient (Wildman–Crippen LogP) is 8.52. The van der Waals surface area contributed by atoms with E-state index in [-0.39, 0.29) is 70.0 Å². The molecular formula is C53H62F4N10O8. The molecule has 400 valence electrons. The Morgan fingerprint density at radius 1 is 0.547 bits per heavy atom. The molecule has 6 fully saturated rings. The molecule has 3 unspecified atom stereocenters. The Bertz CT molecular complexity index is 2790. The number of halogens is 4. The van der Waals surface area contributed by atoms with Crippen LogP contribution in [0.1, 0.15) is 130 Å². The number of fused-ring (bicyclic) bond motifs is 2. The van der Waals surface area contributed by atoms with Crippen molar-refractivity contribution in [1.82, 2.24) is 40.4 Å². The molecule has 6 saturated heterocycles. The second-order valence-electron chi connectivity index (χ2n) is 21.0. The molecule has 75 heavy (non-hydrogen) atoms. The topological polar surface area (TPSA) is 222 Å². The number of rotatable bonds is 12. The number of imidazole rings is 2. The number of ether oxygens (including phenoxy) is 2. The fourth-order valence-corrected chi connectivity index (χ4v) is 13.0. The van der Waals surface area contributed by atoms with Crippen LogP contribution in [0.2, 0.25) is 0 Å². The van der Waals surface area contributed by atoms with Gasteiger partial charge in [-0.25, -0.2) is 37.1 Å². The Labute approximate surface area is 429 Å². The second-order valence-corrected chi connectivity index (χ2v) is 21.0. The van der Waals surface area contributed by atoms with E-state index >= 15 is 17.6 Å². The Balaban J connectivity index is 0.924. The number of amides is 4. The molecule has 4 amide bonds. The minimum absolute atomic E-state index is 0.0937. The summed E-state index contributed by atoms with van der Waals surface area (Å²) in [6.07, 6.45) is 4.83. The molecule has 0 saturated carbocycles. The van der Waals surface area contributed by atoms with Gasteiger partial charge in [-0.05, 0) is 120 Å². The van der Waals surface area contributed by atoms with E-state index in [1.54, 1.807) is 31.7 Å². The average Bonchev–Trinajstić information content (AvgIpc) is 4.27. The number of hydrogen-bond acceptors (Lipinski definition) is 10. The zero-order valence-corrected chi connectivity index (χ0v) is 41.5. The van der Waals surface area contributed by atoms with Gasteiger partial charge in [-0.3, -0.25) is 9.59 Å². The van der Waals surface area contributed by atoms with Crippen molar-refractivity contribution in [3.8, 4) is 0 Å². The first kappa shape index (κ1) is 50.5. The number of piperidine rings is 1.